The summed E-state index contributed by atoms with van der Waals surface area (Å²) in [6.45, 7) is 1.51. The number of halogens is 1. The van der Waals surface area contributed by atoms with Crippen LogP contribution in [-0.4, -0.2) is 39.5 Å². The zero-order valence-electron chi connectivity index (χ0n) is 10.7. The Hall–Kier alpha value is -0.630. The standard InChI is InChI=1S/C12H17BrN2O3S/c1-18-11-3-2-10(13)6-12(11)19(16,17)15-5-4-9(7-14)8-15/h2-3,6,9H,4-5,7-8,14H2,1H3/t9-/m1/s1. The number of hydrogen-bond donors (Lipinski definition) is 1. The quantitative estimate of drug-likeness (QED) is 0.893. The predicted octanol–water partition coefficient (Wildman–Crippen LogP) is 1.43. The molecule has 7 heteroatoms. The van der Waals surface area contributed by atoms with E-state index in [0.29, 0.717) is 29.9 Å². The minimum absolute atomic E-state index is 0.196. The Kier molecular flexibility index (Phi) is 4.50. The van der Waals surface area contributed by atoms with E-state index < -0.39 is 10.0 Å². The van der Waals surface area contributed by atoms with E-state index in [1.54, 1.807) is 18.2 Å². The van der Waals surface area contributed by atoms with Gasteiger partial charge in [-0.3, -0.25) is 0 Å². The highest BCUT2D eigenvalue weighted by atomic mass is 79.9. The van der Waals surface area contributed by atoms with Gasteiger partial charge in [0.1, 0.15) is 10.6 Å². The summed E-state index contributed by atoms with van der Waals surface area (Å²) in [5.41, 5.74) is 5.60. The Labute approximate surface area is 121 Å². The van der Waals surface area contributed by atoms with Crippen LogP contribution >= 0.6 is 15.9 Å². The minimum atomic E-state index is -3.52. The van der Waals surface area contributed by atoms with Crippen molar-refractivity contribution in [3.63, 3.8) is 0 Å². The average Bonchev–Trinajstić information content (AvgIpc) is 2.88. The highest BCUT2D eigenvalue weighted by Crippen LogP contribution is 2.32. The number of methoxy groups -OCH3 is 1. The molecule has 1 aromatic carbocycles. The van der Waals surface area contributed by atoms with Crippen molar-refractivity contribution >= 4 is 26.0 Å². The highest BCUT2D eigenvalue weighted by molar-refractivity contribution is 9.10. The fourth-order valence-corrected chi connectivity index (χ4v) is 4.42. The molecule has 2 rings (SSSR count). The van der Waals surface area contributed by atoms with Gasteiger partial charge in [0.15, 0.2) is 0 Å². The molecule has 1 aliphatic heterocycles. The van der Waals surface area contributed by atoms with Crippen LogP contribution in [-0.2, 0) is 10.0 Å². The summed E-state index contributed by atoms with van der Waals surface area (Å²) >= 11 is 3.29. The van der Waals surface area contributed by atoms with Crippen LogP contribution in [0.25, 0.3) is 0 Å². The SMILES string of the molecule is COc1ccc(Br)cc1S(=O)(=O)N1CC[C@H](CN)C1. The maximum absolute atomic E-state index is 12.6. The second-order valence-corrected chi connectivity index (χ2v) is 7.37. The Bertz CT molecular complexity index is 562. The van der Waals surface area contributed by atoms with Crippen LogP contribution in [0.5, 0.6) is 5.75 Å². The molecule has 0 radical (unpaired) electrons. The molecule has 5 nitrogen and oxygen atoms in total. The van der Waals surface area contributed by atoms with Crippen molar-refractivity contribution in [2.75, 3.05) is 26.7 Å². The Morgan fingerprint density at radius 1 is 1.53 bits per heavy atom. The molecule has 106 valence electrons. The lowest BCUT2D eigenvalue weighted by Gasteiger charge is -2.18. The number of nitrogens with zero attached hydrogens (tertiary/aromatic N) is 1. The van der Waals surface area contributed by atoms with Gasteiger partial charge in [-0.05, 0) is 37.1 Å². The summed E-state index contributed by atoms with van der Waals surface area (Å²) < 4.78 is 32.6. The van der Waals surface area contributed by atoms with Crippen LogP contribution in [0.1, 0.15) is 6.42 Å². The van der Waals surface area contributed by atoms with Crippen LogP contribution in [0.15, 0.2) is 27.6 Å². The molecule has 0 aliphatic carbocycles. The van der Waals surface area contributed by atoms with Crippen LogP contribution in [0.3, 0.4) is 0 Å². The van der Waals surface area contributed by atoms with Gasteiger partial charge in [-0.15, -0.1) is 0 Å². The molecule has 1 saturated heterocycles. The van der Waals surface area contributed by atoms with Crippen molar-refractivity contribution in [3.05, 3.63) is 22.7 Å². The number of ether oxygens (including phenoxy) is 1. The first-order valence-electron chi connectivity index (χ1n) is 6.02. The lowest BCUT2D eigenvalue weighted by atomic mass is 10.1. The van der Waals surface area contributed by atoms with Crippen molar-refractivity contribution in [1.82, 2.24) is 4.31 Å². The fourth-order valence-electron chi connectivity index (χ4n) is 2.20. The summed E-state index contributed by atoms with van der Waals surface area (Å²) in [4.78, 5) is 0.196. The first kappa shape index (κ1) is 14.8. The van der Waals surface area contributed by atoms with Gasteiger partial charge in [0, 0.05) is 17.6 Å². The van der Waals surface area contributed by atoms with Crippen molar-refractivity contribution in [3.8, 4) is 5.75 Å². The Morgan fingerprint density at radius 3 is 2.84 bits per heavy atom. The largest absolute Gasteiger partial charge is 0.495 e. The zero-order chi connectivity index (χ0) is 14.0. The number of sulfonamides is 1. The van der Waals surface area contributed by atoms with Crippen LogP contribution in [0.2, 0.25) is 0 Å². The number of nitrogens with two attached hydrogens (primary N) is 1. The van der Waals surface area contributed by atoms with Gasteiger partial charge in [-0.2, -0.15) is 4.31 Å². The molecule has 2 N–H and O–H groups in total. The first-order valence-corrected chi connectivity index (χ1v) is 8.26. The van der Waals surface area contributed by atoms with E-state index in [9.17, 15) is 8.42 Å². The van der Waals surface area contributed by atoms with Gasteiger partial charge >= 0.3 is 0 Å². The van der Waals surface area contributed by atoms with E-state index in [0.717, 1.165) is 6.42 Å². The molecule has 1 fully saturated rings. The van der Waals surface area contributed by atoms with E-state index in [2.05, 4.69) is 15.9 Å². The van der Waals surface area contributed by atoms with E-state index in [-0.39, 0.29) is 10.8 Å². The van der Waals surface area contributed by atoms with E-state index in [1.807, 2.05) is 0 Å². The maximum Gasteiger partial charge on any atom is 0.246 e. The van der Waals surface area contributed by atoms with Crippen LogP contribution in [0.4, 0.5) is 0 Å². The summed E-state index contributed by atoms with van der Waals surface area (Å²) in [5, 5.41) is 0. The molecule has 0 spiro atoms. The molecular weight excluding hydrogens is 332 g/mol. The zero-order valence-corrected chi connectivity index (χ0v) is 13.1. The van der Waals surface area contributed by atoms with Crippen molar-refractivity contribution < 1.29 is 13.2 Å². The van der Waals surface area contributed by atoms with E-state index in [4.69, 9.17) is 10.5 Å². The lowest BCUT2D eigenvalue weighted by Crippen LogP contribution is -2.30. The fraction of sp³-hybridized carbons (Fsp3) is 0.500. The van der Waals surface area contributed by atoms with Gasteiger partial charge in [-0.1, -0.05) is 15.9 Å². The number of hydrogen-bond acceptors (Lipinski definition) is 4. The van der Waals surface area contributed by atoms with Crippen LogP contribution < -0.4 is 10.5 Å². The van der Waals surface area contributed by atoms with Gasteiger partial charge in [0.05, 0.1) is 7.11 Å². The number of rotatable bonds is 4. The van der Waals surface area contributed by atoms with Gasteiger partial charge in [-0.25, -0.2) is 8.42 Å². The minimum Gasteiger partial charge on any atom is -0.495 e. The first-order chi connectivity index (χ1) is 8.98. The second-order valence-electron chi connectivity index (χ2n) is 4.55. The van der Waals surface area contributed by atoms with E-state index >= 15 is 0 Å². The molecule has 1 atom stereocenters. The predicted molar refractivity (Wildman–Crippen MR) is 76.6 cm³/mol. The van der Waals surface area contributed by atoms with Crippen molar-refractivity contribution in [2.24, 2.45) is 11.7 Å². The highest BCUT2D eigenvalue weighted by Gasteiger charge is 2.33. The maximum atomic E-state index is 12.6. The normalized spacial score (nSPS) is 20.7. The molecule has 0 aromatic heterocycles. The van der Waals surface area contributed by atoms with E-state index in [1.165, 1.54) is 11.4 Å². The molecule has 0 unspecified atom stereocenters. The third-order valence-electron chi connectivity index (χ3n) is 3.33. The Morgan fingerprint density at radius 2 is 2.26 bits per heavy atom. The van der Waals surface area contributed by atoms with Gasteiger partial charge < -0.3 is 10.5 Å². The summed E-state index contributed by atoms with van der Waals surface area (Å²) in [7, 11) is -2.06. The molecule has 1 heterocycles. The topological polar surface area (TPSA) is 72.6 Å². The average molecular weight is 349 g/mol. The lowest BCUT2D eigenvalue weighted by molar-refractivity contribution is 0.397. The molecular formula is C12H17BrN2O3S. The number of benzene rings is 1. The molecule has 19 heavy (non-hydrogen) atoms. The molecule has 0 amide bonds. The molecule has 1 aliphatic rings. The van der Waals surface area contributed by atoms with Crippen molar-refractivity contribution in [1.29, 1.82) is 0 Å². The summed E-state index contributed by atoms with van der Waals surface area (Å²) in [5.74, 6) is 0.604. The third-order valence-corrected chi connectivity index (χ3v) is 5.70. The second kappa shape index (κ2) is 5.78. The van der Waals surface area contributed by atoms with Gasteiger partial charge in [0.2, 0.25) is 10.0 Å². The molecule has 1 aromatic rings. The summed E-state index contributed by atoms with van der Waals surface area (Å²) in [6.07, 6.45) is 0.812. The van der Waals surface area contributed by atoms with Crippen molar-refractivity contribution in [2.45, 2.75) is 11.3 Å². The molecule has 0 bridgehead atoms. The van der Waals surface area contributed by atoms with Crippen LogP contribution in [0, 0.1) is 5.92 Å². The summed E-state index contributed by atoms with van der Waals surface area (Å²) in [6, 6.07) is 4.97. The third kappa shape index (κ3) is 2.94. The smallest absolute Gasteiger partial charge is 0.246 e. The Balaban J connectivity index is 2.37. The monoisotopic (exact) mass is 348 g/mol. The van der Waals surface area contributed by atoms with Gasteiger partial charge in [0.25, 0.3) is 0 Å². The molecule has 0 saturated carbocycles.